The third kappa shape index (κ3) is 13.1. The van der Waals surface area contributed by atoms with Gasteiger partial charge in [-0.1, -0.05) is 136 Å². The van der Waals surface area contributed by atoms with Crippen molar-refractivity contribution in [1.82, 2.24) is 0 Å². The van der Waals surface area contributed by atoms with E-state index in [0.717, 1.165) is 70.6 Å². The average Bonchev–Trinajstić information content (AvgIpc) is 2.83. The normalized spacial score (nSPS) is 14.8. The molecule has 0 heterocycles. The molecule has 0 saturated carbocycles. The highest BCUT2D eigenvalue weighted by molar-refractivity contribution is 5.88. The molecule has 0 radical (unpaired) electrons. The summed E-state index contributed by atoms with van der Waals surface area (Å²) in [6, 6.07) is 0. The molecule has 0 aromatic rings. The van der Waals surface area contributed by atoms with Gasteiger partial charge in [-0.15, -0.1) is 0 Å². The highest BCUT2D eigenvalue weighted by Crippen LogP contribution is 2.47. The van der Waals surface area contributed by atoms with Gasteiger partial charge in [-0.05, 0) is 19.3 Å². The van der Waals surface area contributed by atoms with E-state index < -0.39 is 35.2 Å². The molecule has 0 rings (SSSR count). The molecule has 6 heteroatoms. The Morgan fingerprint density at radius 1 is 0.500 bits per heavy atom. The molecule has 0 aromatic carbocycles. The van der Waals surface area contributed by atoms with Gasteiger partial charge in [0.2, 0.25) is 0 Å². The molecule has 0 amide bonds. The van der Waals surface area contributed by atoms with Crippen molar-refractivity contribution >= 4 is 17.9 Å². The molecule has 36 heavy (non-hydrogen) atoms. The van der Waals surface area contributed by atoms with Crippen LogP contribution in [0.15, 0.2) is 0 Å². The summed E-state index contributed by atoms with van der Waals surface area (Å²) in [6.07, 6.45) is 18.0. The summed E-state index contributed by atoms with van der Waals surface area (Å²) in [4.78, 5) is 37.8. The molecule has 3 atom stereocenters. The van der Waals surface area contributed by atoms with Gasteiger partial charge in [-0.25, -0.2) is 0 Å². The van der Waals surface area contributed by atoms with E-state index >= 15 is 0 Å². The molecule has 0 aliphatic heterocycles. The van der Waals surface area contributed by atoms with E-state index in [2.05, 4.69) is 20.8 Å². The van der Waals surface area contributed by atoms with E-state index in [1.54, 1.807) is 0 Å². The SMILES string of the molecule is CCCCCCCCCCC(C(=O)O)C(CCCCCCCC)(C(=O)O)C(CCCCCC)C(=O)O. The van der Waals surface area contributed by atoms with Gasteiger partial charge in [0.1, 0.15) is 0 Å². The minimum atomic E-state index is -1.77. The molecule has 0 saturated heterocycles. The summed E-state index contributed by atoms with van der Waals surface area (Å²) in [6.45, 7) is 6.38. The van der Waals surface area contributed by atoms with Crippen molar-refractivity contribution in [3.8, 4) is 0 Å². The van der Waals surface area contributed by atoms with Gasteiger partial charge < -0.3 is 15.3 Å². The van der Waals surface area contributed by atoms with E-state index in [1.165, 1.54) is 25.7 Å². The maximum Gasteiger partial charge on any atom is 0.311 e. The predicted octanol–water partition coefficient (Wildman–Crippen LogP) is 8.71. The lowest BCUT2D eigenvalue weighted by Crippen LogP contribution is -2.51. The number of carboxylic acids is 3. The predicted molar refractivity (Wildman–Crippen MR) is 146 cm³/mol. The van der Waals surface area contributed by atoms with E-state index in [9.17, 15) is 29.7 Å². The zero-order chi connectivity index (χ0) is 27.2. The minimum absolute atomic E-state index is 0.118. The van der Waals surface area contributed by atoms with E-state index in [4.69, 9.17) is 0 Å². The molecule has 212 valence electrons. The quantitative estimate of drug-likeness (QED) is 0.0999. The first kappa shape index (κ1) is 34.4. The molecule has 6 nitrogen and oxygen atoms in total. The Labute approximate surface area is 220 Å². The molecule has 0 spiro atoms. The van der Waals surface area contributed by atoms with Crippen LogP contribution in [0.3, 0.4) is 0 Å². The molecule has 3 unspecified atom stereocenters. The Morgan fingerprint density at radius 2 is 0.806 bits per heavy atom. The highest BCUT2D eigenvalue weighted by atomic mass is 16.4. The monoisotopic (exact) mass is 512 g/mol. The molecule has 0 aromatic heterocycles. The molecule has 0 bridgehead atoms. The summed E-state index contributed by atoms with van der Waals surface area (Å²) in [5.74, 6) is -5.94. The Hall–Kier alpha value is -1.59. The molecular weight excluding hydrogens is 456 g/mol. The van der Waals surface area contributed by atoms with Gasteiger partial charge in [0.05, 0.1) is 17.3 Å². The van der Waals surface area contributed by atoms with Crippen molar-refractivity contribution in [1.29, 1.82) is 0 Å². The summed E-state index contributed by atoms with van der Waals surface area (Å²) >= 11 is 0. The van der Waals surface area contributed by atoms with Gasteiger partial charge in [-0.2, -0.15) is 0 Å². The maximum atomic E-state index is 12.9. The van der Waals surface area contributed by atoms with Gasteiger partial charge in [-0.3, -0.25) is 14.4 Å². The Bertz CT molecular complexity index is 590. The number of aliphatic carboxylic acids is 3. The van der Waals surface area contributed by atoms with Crippen LogP contribution >= 0.6 is 0 Å². The third-order valence-electron chi connectivity index (χ3n) is 7.87. The Balaban J connectivity index is 5.64. The van der Waals surface area contributed by atoms with Crippen LogP contribution in [-0.4, -0.2) is 33.2 Å². The number of carbonyl (C=O) groups is 3. The summed E-state index contributed by atoms with van der Waals surface area (Å²) in [5, 5.41) is 30.9. The number of hydrogen-bond donors (Lipinski definition) is 3. The smallest absolute Gasteiger partial charge is 0.311 e. The standard InChI is InChI=1S/C30H56O6/c1-4-7-10-13-15-16-17-20-23-26(28(33)34)30(29(35)36,24-21-18-14-11-8-5-2)25(27(31)32)22-19-12-9-6-3/h25-26H,4-24H2,1-3H3,(H,31,32)(H,33,34)(H,35,36). The fourth-order valence-electron chi connectivity index (χ4n) is 5.65. The topological polar surface area (TPSA) is 112 Å². The molecule has 3 N–H and O–H groups in total. The van der Waals surface area contributed by atoms with Gasteiger partial charge in [0.25, 0.3) is 0 Å². The number of hydrogen-bond acceptors (Lipinski definition) is 3. The van der Waals surface area contributed by atoms with Crippen LogP contribution in [-0.2, 0) is 14.4 Å². The third-order valence-corrected chi connectivity index (χ3v) is 7.87. The lowest BCUT2D eigenvalue weighted by Gasteiger charge is -2.40. The fraction of sp³-hybridized carbons (Fsp3) is 0.900. The largest absolute Gasteiger partial charge is 0.481 e. The summed E-state index contributed by atoms with van der Waals surface area (Å²) in [7, 11) is 0. The average molecular weight is 513 g/mol. The number of rotatable bonds is 26. The molecular formula is C30H56O6. The number of unbranched alkanes of at least 4 members (excludes halogenated alkanes) is 15. The van der Waals surface area contributed by atoms with Crippen molar-refractivity contribution in [2.45, 2.75) is 156 Å². The van der Waals surface area contributed by atoms with E-state index in [1.807, 2.05) is 0 Å². The molecule has 0 aliphatic carbocycles. The van der Waals surface area contributed by atoms with Gasteiger partial charge in [0.15, 0.2) is 0 Å². The zero-order valence-corrected chi connectivity index (χ0v) is 23.6. The van der Waals surface area contributed by atoms with Crippen molar-refractivity contribution in [3.63, 3.8) is 0 Å². The molecule has 0 fully saturated rings. The van der Waals surface area contributed by atoms with Crippen LogP contribution in [0.4, 0.5) is 0 Å². The number of carboxylic acid groups (broad SMARTS) is 3. The van der Waals surface area contributed by atoms with Crippen LogP contribution in [0.2, 0.25) is 0 Å². The fourth-order valence-corrected chi connectivity index (χ4v) is 5.65. The van der Waals surface area contributed by atoms with Crippen LogP contribution in [0.25, 0.3) is 0 Å². The first-order valence-corrected chi connectivity index (χ1v) is 15.0. The van der Waals surface area contributed by atoms with Crippen LogP contribution in [0.1, 0.15) is 156 Å². The highest BCUT2D eigenvalue weighted by Gasteiger charge is 2.56. The van der Waals surface area contributed by atoms with Crippen LogP contribution in [0.5, 0.6) is 0 Å². The first-order valence-electron chi connectivity index (χ1n) is 15.0. The zero-order valence-electron chi connectivity index (χ0n) is 23.6. The van der Waals surface area contributed by atoms with Crippen molar-refractivity contribution in [2.75, 3.05) is 0 Å². The van der Waals surface area contributed by atoms with Crippen LogP contribution < -0.4 is 0 Å². The van der Waals surface area contributed by atoms with Crippen molar-refractivity contribution in [2.24, 2.45) is 17.3 Å². The first-order chi connectivity index (χ1) is 17.3. The van der Waals surface area contributed by atoms with Gasteiger partial charge >= 0.3 is 17.9 Å². The second kappa shape index (κ2) is 21.5. The Kier molecular flexibility index (Phi) is 20.5. The lowest BCUT2D eigenvalue weighted by atomic mass is 9.60. The Morgan fingerprint density at radius 3 is 1.14 bits per heavy atom. The van der Waals surface area contributed by atoms with E-state index in [-0.39, 0.29) is 19.3 Å². The summed E-state index contributed by atoms with van der Waals surface area (Å²) < 4.78 is 0. The van der Waals surface area contributed by atoms with Crippen molar-refractivity contribution < 1.29 is 29.7 Å². The van der Waals surface area contributed by atoms with Gasteiger partial charge in [0, 0.05) is 0 Å². The molecule has 0 aliphatic rings. The van der Waals surface area contributed by atoms with E-state index in [0.29, 0.717) is 19.3 Å². The second-order valence-electron chi connectivity index (χ2n) is 10.8. The minimum Gasteiger partial charge on any atom is -0.481 e. The lowest BCUT2D eigenvalue weighted by molar-refractivity contribution is -0.176. The van der Waals surface area contributed by atoms with Crippen LogP contribution in [0, 0.1) is 17.3 Å². The maximum absolute atomic E-state index is 12.9. The van der Waals surface area contributed by atoms with Crippen molar-refractivity contribution in [3.05, 3.63) is 0 Å². The summed E-state index contributed by atoms with van der Waals surface area (Å²) in [5.41, 5.74) is -1.77. The second-order valence-corrected chi connectivity index (χ2v) is 10.8.